The molecule has 1 saturated heterocycles. The second-order valence-electron chi connectivity index (χ2n) is 4.24. The molecule has 0 unspecified atom stereocenters. The minimum atomic E-state index is -0.388. The number of nitrogens with zero attached hydrogens (tertiary/aromatic N) is 1. The Morgan fingerprint density at radius 3 is 2.63 bits per heavy atom. The molecule has 0 bridgehead atoms. The SMILES string of the molecule is CCOC(=O)COc1ccc(N2CCCC2=O)cc1. The molecule has 1 amide bonds. The van der Waals surface area contributed by atoms with Crippen LogP contribution in [0.5, 0.6) is 5.75 Å². The van der Waals surface area contributed by atoms with E-state index in [1.54, 1.807) is 24.0 Å². The summed E-state index contributed by atoms with van der Waals surface area (Å²) in [4.78, 5) is 24.5. The van der Waals surface area contributed by atoms with Gasteiger partial charge in [-0.25, -0.2) is 4.79 Å². The Morgan fingerprint density at radius 1 is 1.32 bits per heavy atom. The molecule has 0 radical (unpaired) electrons. The van der Waals surface area contributed by atoms with Gasteiger partial charge in [-0.3, -0.25) is 4.79 Å². The van der Waals surface area contributed by atoms with Crippen LogP contribution in [0.2, 0.25) is 0 Å². The summed E-state index contributed by atoms with van der Waals surface area (Å²) < 4.78 is 10.1. The second-order valence-corrected chi connectivity index (χ2v) is 4.24. The van der Waals surface area contributed by atoms with Crippen molar-refractivity contribution in [3.63, 3.8) is 0 Å². The molecule has 1 aromatic rings. The fourth-order valence-electron chi connectivity index (χ4n) is 1.99. The highest BCUT2D eigenvalue weighted by Crippen LogP contribution is 2.23. The topological polar surface area (TPSA) is 55.8 Å². The third-order valence-electron chi connectivity index (χ3n) is 2.88. The van der Waals surface area contributed by atoms with Crippen LogP contribution in [0.25, 0.3) is 0 Å². The number of amides is 1. The van der Waals surface area contributed by atoms with Gasteiger partial charge in [-0.15, -0.1) is 0 Å². The van der Waals surface area contributed by atoms with Gasteiger partial charge in [-0.2, -0.15) is 0 Å². The zero-order chi connectivity index (χ0) is 13.7. The summed E-state index contributed by atoms with van der Waals surface area (Å²) in [5.74, 6) is 0.352. The van der Waals surface area contributed by atoms with Crippen LogP contribution in [0.15, 0.2) is 24.3 Å². The largest absolute Gasteiger partial charge is 0.482 e. The van der Waals surface area contributed by atoms with Gasteiger partial charge in [-0.1, -0.05) is 0 Å². The Kier molecular flexibility index (Phi) is 4.39. The van der Waals surface area contributed by atoms with E-state index in [1.807, 2.05) is 12.1 Å². The van der Waals surface area contributed by atoms with Crippen LogP contribution in [0, 0.1) is 0 Å². The van der Waals surface area contributed by atoms with E-state index in [1.165, 1.54) is 0 Å². The van der Waals surface area contributed by atoms with E-state index in [4.69, 9.17) is 9.47 Å². The lowest BCUT2D eigenvalue weighted by molar-refractivity contribution is -0.145. The lowest BCUT2D eigenvalue weighted by Gasteiger charge is -2.15. The predicted octanol–water partition coefficient (Wildman–Crippen LogP) is 1.76. The fraction of sp³-hybridized carbons (Fsp3) is 0.429. The molecule has 1 fully saturated rings. The van der Waals surface area contributed by atoms with Crippen LogP contribution in [0.3, 0.4) is 0 Å². The van der Waals surface area contributed by atoms with Gasteiger partial charge in [0.25, 0.3) is 0 Å². The van der Waals surface area contributed by atoms with Gasteiger partial charge in [0, 0.05) is 18.7 Å². The number of hydrogen-bond acceptors (Lipinski definition) is 4. The van der Waals surface area contributed by atoms with Gasteiger partial charge in [-0.05, 0) is 37.6 Å². The van der Waals surface area contributed by atoms with Crippen molar-refractivity contribution in [3.8, 4) is 5.75 Å². The Hall–Kier alpha value is -2.04. The third-order valence-corrected chi connectivity index (χ3v) is 2.88. The molecule has 0 atom stereocenters. The molecular weight excluding hydrogens is 246 g/mol. The van der Waals surface area contributed by atoms with Crippen LogP contribution in [-0.2, 0) is 14.3 Å². The number of esters is 1. The van der Waals surface area contributed by atoms with Crippen molar-refractivity contribution in [2.45, 2.75) is 19.8 Å². The van der Waals surface area contributed by atoms with Crippen molar-refractivity contribution in [2.75, 3.05) is 24.7 Å². The number of hydrogen-bond donors (Lipinski definition) is 0. The molecule has 5 heteroatoms. The molecule has 0 saturated carbocycles. The van der Waals surface area contributed by atoms with Crippen LogP contribution < -0.4 is 9.64 Å². The normalized spacial score (nSPS) is 14.6. The molecule has 2 rings (SSSR count). The number of rotatable bonds is 5. The first-order valence-corrected chi connectivity index (χ1v) is 6.39. The third kappa shape index (κ3) is 3.47. The first-order chi connectivity index (χ1) is 9.20. The maximum absolute atomic E-state index is 11.6. The Morgan fingerprint density at radius 2 is 2.05 bits per heavy atom. The molecule has 0 aromatic heterocycles. The van der Waals surface area contributed by atoms with E-state index < -0.39 is 0 Å². The Bertz CT molecular complexity index is 455. The van der Waals surface area contributed by atoms with Gasteiger partial charge in [0.1, 0.15) is 5.75 Å². The van der Waals surface area contributed by atoms with E-state index in [2.05, 4.69) is 0 Å². The van der Waals surface area contributed by atoms with Crippen molar-refractivity contribution in [3.05, 3.63) is 24.3 Å². The summed E-state index contributed by atoms with van der Waals surface area (Å²) in [6.07, 6.45) is 1.51. The highest BCUT2D eigenvalue weighted by atomic mass is 16.6. The van der Waals surface area contributed by atoms with E-state index in [-0.39, 0.29) is 18.5 Å². The zero-order valence-corrected chi connectivity index (χ0v) is 10.9. The summed E-state index contributed by atoms with van der Waals surface area (Å²) in [7, 11) is 0. The summed E-state index contributed by atoms with van der Waals surface area (Å²) in [5, 5.41) is 0. The van der Waals surface area contributed by atoms with Crippen LogP contribution in [-0.4, -0.2) is 31.6 Å². The van der Waals surface area contributed by atoms with E-state index in [0.717, 1.165) is 18.7 Å². The van der Waals surface area contributed by atoms with E-state index in [9.17, 15) is 9.59 Å². The van der Waals surface area contributed by atoms with E-state index in [0.29, 0.717) is 18.8 Å². The molecular formula is C14H17NO4. The maximum Gasteiger partial charge on any atom is 0.344 e. The van der Waals surface area contributed by atoms with Crippen LogP contribution in [0.4, 0.5) is 5.69 Å². The monoisotopic (exact) mass is 263 g/mol. The van der Waals surface area contributed by atoms with Gasteiger partial charge in [0.05, 0.1) is 6.61 Å². The molecule has 1 aliphatic rings. The predicted molar refractivity (Wildman–Crippen MR) is 70.2 cm³/mol. The fourth-order valence-corrected chi connectivity index (χ4v) is 1.99. The molecule has 102 valence electrons. The summed E-state index contributed by atoms with van der Waals surface area (Å²) in [6.45, 7) is 2.76. The number of anilines is 1. The molecule has 5 nitrogen and oxygen atoms in total. The van der Waals surface area contributed by atoms with Gasteiger partial charge >= 0.3 is 5.97 Å². The minimum absolute atomic E-state index is 0.101. The molecule has 0 aliphatic carbocycles. The molecule has 1 aromatic carbocycles. The average molecular weight is 263 g/mol. The average Bonchev–Trinajstić information content (AvgIpc) is 2.84. The Labute approximate surface area is 112 Å². The standard InChI is InChI=1S/C14H17NO4/c1-2-18-14(17)10-19-12-7-5-11(6-8-12)15-9-3-4-13(15)16/h5-8H,2-4,9-10H2,1H3. The van der Waals surface area contributed by atoms with Crippen molar-refractivity contribution >= 4 is 17.6 Å². The maximum atomic E-state index is 11.6. The first kappa shape index (κ1) is 13.4. The van der Waals surface area contributed by atoms with Crippen molar-refractivity contribution in [1.82, 2.24) is 0 Å². The Balaban J connectivity index is 1.91. The molecule has 1 heterocycles. The van der Waals surface area contributed by atoms with Gasteiger partial charge < -0.3 is 14.4 Å². The van der Waals surface area contributed by atoms with Crippen LogP contribution in [0.1, 0.15) is 19.8 Å². The van der Waals surface area contributed by atoms with Gasteiger partial charge in [0.2, 0.25) is 5.91 Å². The summed E-state index contributed by atoms with van der Waals surface area (Å²) in [6, 6.07) is 7.15. The van der Waals surface area contributed by atoms with E-state index >= 15 is 0 Å². The van der Waals surface area contributed by atoms with Crippen molar-refractivity contribution in [2.24, 2.45) is 0 Å². The zero-order valence-electron chi connectivity index (χ0n) is 10.9. The molecule has 1 aliphatic heterocycles. The summed E-state index contributed by atoms with van der Waals surface area (Å²) >= 11 is 0. The quantitative estimate of drug-likeness (QED) is 0.759. The number of benzene rings is 1. The lowest BCUT2D eigenvalue weighted by Crippen LogP contribution is -2.23. The number of ether oxygens (including phenoxy) is 2. The highest BCUT2D eigenvalue weighted by molar-refractivity contribution is 5.95. The highest BCUT2D eigenvalue weighted by Gasteiger charge is 2.21. The molecule has 19 heavy (non-hydrogen) atoms. The van der Waals surface area contributed by atoms with Gasteiger partial charge in [0.15, 0.2) is 6.61 Å². The summed E-state index contributed by atoms with van der Waals surface area (Å²) in [5.41, 5.74) is 0.867. The minimum Gasteiger partial charge on any atom is -0.482 e. The van der Waals surface area contributed by atoms with Crippen LogP contribution >= 0.6 is 0 Å². The number of carbonyl (C=O) groups excluding carboxylic acids is 2. The number of carbonyl (C=O) groups is 2. The molecule has 0 spiro atoms. The molecule has 0 N–H and O–H groups in total. The first-order valence-electron chi connectivity index (χ1n) is 6.39. The second kappa shape index (κ2) is 6.22. The lowest BCUT2D eigenvalue weighted by atomic mass is 10.3. The smallest absolute Gasteiger partial charge is 0.344 e. The van der Waals surface area contributed by atoms with Crippen molar-refractivity contribution < 1.29 is 19.1 Å². The van der Waals surface area contributed by atoms with Crippen molar-refractivity contribution in [1.29, 1.82) is 0 Å².